The molecule has 23 heavy (non-hydrogen) atoms. The van der Waals surface area contributed by atoms with Gasteiger partial charge in [0.05, 0.1) is 20.3 Å². The van der Waals surface area contributed by atoms with E-state index in [1.165, 1.54) is 0 Å². The van der Waals surface area contributed by atoms with E-state index in [-0.39, 0.29) is 36.8 Å². The van der Waals surface area contributed by atoms with E-state index in [0.29, 0.717) is 17.2 Å². The van der Waals surface area contributed by atoms with Crippen LogP contribution in [0.1, 0.15) is 6.92 Å². The van der Waals surface area contributed by atoms with Gasteiger partial charge in [-0.1, -0.05) is 0 Å². The molecule has 0 aliphatic carbocycles. The monoisotopic (exact) mass is 365 g/mol. The summed E-state index contributed by atoms with van der Waals surface area (Å²) in [5.74, 6) is 1.24. The van der Waals surface area contributed by atoms with Gasteiger partial charge < -0.3 is 20.1 Å². The summed E-state index contributed by atoms with van der Waals surface area (Å²) in [5, 5.41) is 6.21. The molecule has 2 N–H and O–H groups in total. The first kappa shape index (κ1) is 21.8. The van der Waals surface area contributed by atoms with Crippen LogP contribution in [0.5, 0.6) is 11.5 Å². The molecule has 0 aromatic heterocycles. The molecule has 1 heterocycles. The number of rotatable bonds is 5. The van der Waals surface area contributed by atoms with E-state index < -0.39 is 0 Å². The van der Waals surface area contributed by atoms with Gasteiger partial charge in [0.15, 0.2) is 11.5 Å². The number of nitrogens with one attached hydrogen (secondary N) is 2. The Labute approximate surface area is 149 Å². The highest BCUT2D eigenvalue weighted by atomic mass is 35.5. The molecule has 0 spiro atoms. The Hall–Kier alpha value is -1.21. The van der Waals surface area contributed by atoms with Crippen LogP contribution in [0.15, 0.2) is 18.2 Å². The highest BCUT2D eigenvalue weighted by Gasteiger charge is 2.22. The fourth-order valence-corrected chi connectivity index (χ4v) is 2.40. The van der Waals surface area contributed by atoms with E-state index in [2.05, 4.69) is 15.5 Å². The largest absolute Gasteiger partial charge is 0.493 e. The van der Waals surface area contributed by atoms with E-state index in [0.717, 1.165) is 26.2 Å². The van der Waals surface area contributed by atoms with E-state index in [9.17, 15) is 4.79 Å². The molecule has 6 nitrogen and oxygen atoms in total. The van der Waals surface area contributed by atoms with Gasteiger partial charge in [-0.15, -0.1) is 24.8 Å². The van der Waals surface area contributed by atoms with Crippen molar-refractivity contribution in [1.29, 1.82) is 0 Å². The number of benzene rings is 1. The molecule has 132 valence electrons. The minimum absolute atomic E-state index is 0. The molecule has 1 aliphatic heterocycles. The van der Waals surface area contributed by atoms with Crippen molar-refractivity contribution < 1.29 is 14.3 Å². The second kappa shape index (κ2) is 10.5. The number of carbonyl (C=O) groups is 1. The molecule has 0 radical (unpaired) electrons. The van der Waals surface area contributed by atoms with Gasteiger partial charge in [-0.25, -0.2) is 0 Å². The Morgan fingerprint density at radius 1 is 1.17 bits per heavy atom. The molecule has 1 aromatic rings. The minimum atomic E-state index is -0.153. The van der Waals surface area contributed by atoms with Gasteiger partial charge in [-0.3, -0.25) is 9.69 Å². The molecule has 0 saturated carbocycles. The van der Waals surface area contributed by atoms with Crippen molar-refractivity contribution in [3.05, 3.63) is 18.2 Å². The van der Waals surface area contributed by atoms with Crippen molar-refractivity contribution in [3.8, 4) is 11.5 Å². The molecular formula is C15H25Cl2N3O3. The standard InChI is InChI=1S/C15H23N3O3.2ClH/c1-11(18-8-6-16-7-9-18)15(19)17-12-4-5-13(20-2)14(10-12)21-3;;/h4-5,10-11,16H,6-9H2,1-3H3,(H,17,19);2*1H. The molecule has 1 amide bonds. The molecule has 1 atom stereocenters. The Kier molecular flexibility index (Phi) is 9.99. The van der Waals surface area contributed by atoms with Gasteiger partial charge in [0, 0.05) is 37.9 Å². The Balaban J connectivity index is 0.00000242. The lowest BCUT2D eigenvalue weighted by molar-refractivity contribution is -0.120. The van der Waals surface area contributed by atoms with Crippen LogP contribution >= 0.6 is 24.8 Å². The second-order valence-electron chi connectivity index (χ2n) is 5.02. The van der Waals surface area contributed by atoms with Crippen LogP contribution in [0.4, 0.5) is 5.69 Å². The van der Waals surface area contributed by atoms with Gasteiger partial charge >= 0.3 is 0 Å². The smallest absolute Gasteiger partial charge is 0.241 e. The fourth-order valence-electron chi connectivity index (χ4n) is 2.40. The number of methoxy groups -OCH3 is 2. The lowest BCUT2D eigenvalue weighted by atomic mass is 10.2. The zero-order valence-electron chi connectivity index (χ0n) is 13.6. The molecular weight excluding hydrogens is 341 g/mol. The van der Waals surface area contributed by atoms with Crippen molar-refractivity contribution in [2.24, 2.45) is 0 Å². The molecule has 1 aliphatic rings. The van der Waals surface area contributed by atoms with Crippen LogP contribution in [0.3, 0.4) is 0 Å². The summed E-state index contributed by atoms with van der Waals surface area (Å²) in [6.45, 7) is 5.56. The highest BCUT2D eigenvalue weighted by Crippen LogP contribution is 2.29. The van der Waals surface area contributed by atoms with Crippen LogP contribution in [-0.4, -0.2) is 57.2 Å². The van der Waals surface area contributed by atoms with Crippen molar-refractivity contribution in [2.45, 2.75) is 13.0 Å². The van der Waals surface area contributed by atoms with E-state index in [1.54, 1.807) is 26.4 Å². The summed E-state index contributed by atoms with van der Waals surface area (Å²) < 4.78 is 10.4. The van der Waals surface area contributed by atoms with Gasteiger partial charge in [0.1, 0.15) is 0 Å². The number of hydrogen-bond acceptors (Lipinski definition) is 5. The Morgan fingerprint density at radius 2 is 1.78 bits per heavy atom. The lowest BCUT2D eigenvalue weighted by Gasteiger charge is -2.31. The van der Waals surface area contributed by atoms with Crippen LogP contribution in [0.25, 0.3) is 0 Å². The summed E-state index contributed by atoms with van der Waals surface area (Å²) in [6.07, 6.45) is 0. The summed E-state index contributed by atoms with van der Waals surface area (Å²) in [4.78, 5) is 14.5. The zero-order chi connectivity index (χ0) is 15.2. The van der Waals surface area contributed by atoms with Gasteiger partial charge in [0.25, 0.3) is 0 Å². The SMILES string of the molecule is COc1ccc(NC(=O)C(C)N2CCNCC2)cc1OC.Cl.Cl. The molecule has 8 heteroatoms. The summed E-state index contributed by atoms with van der Waals surface area (Å²) in [6, 6.07) is 5.20. The maximum Gasteiger partial charge on any atom is 0.241 e. The third-order valence-electron chi connectivity index (χ3n) is 3.73. The van der Waals surface area contributed by atoms with Crippen molar-refractivity contribution in [2.75, 3.05) is 45.7 Å². The first-order valence-corrected chi connectivity index (χ1v) is 7.13. The number of halogens is 2. The Bertz CT molecular complexity index is 497. The molecule has 1 unspecified atom stereocenters. The number of anilines is 1. The number of ether oxygens (including phenoxy) is 2. The quantitative estimate of drug-likeness (QED) is 0.832. The fraction of sp³-hybridized carbons (Fsp3) is 0.533. The normalized spacial score (nSPS) is 15.6. The number of carbonyl (C=O) groups excluding carboxylic acids is 1. The summed E-state index contributed by atoms with van der Waals surface area (Å²) >= 11 is 0. The van der Waals surface area contributed by atoms with Gasteiger partial charge in [-0.2, -0.15) is 0 Å². The second-order valence-corrected chi connectivity index (χ2v) is 5.02. The zero-order valence-corrected chi connectivity index (χ0v) is 15.3. The van der Waals surface area contributed by atoms with Crippen molar-refractivity contribution in [3.63, 3.8) is 0 Å². The maximum absolute atomic E-state index is 12.3. The number of hydrogen-bond donors (Lipinski definition) is 2. The Morgan fingerprint density at radius 3 is 2.35 bits per heavy atom. The van der Waals surface area contributed by atoms with Gasteiger partial charge in [-0.05, 0) is 19.1 Å². The lowest BCUT2D eigenvalue weighted by Crippen LogP contribution is -2.51. The molecule has 2 rings (SSSR count). The maximum atomic E-state index is 12.3. The van der Waals surface area contributed by atoms with Crippen LogP contribution in [0, 0.1) is 0 Å². The summed E-state index contributed by atoms with van der Waals surface area (Å²) in [7, 11) is 3.16. The molecule has 1 fully saturated rings. The minimum Gasteiger partial charge on any atom is -0.493 e. The van der Waals surface area contributed by atoms with Crippen LogP contribution in [-0.2, 0) is 4.79 Å². The van der Waals surface area contributed by atoms with Crippen molar-refractivity contribution in [1.82, 2.24) is 10.2 Å². The molecule has 1 aromatic carbocycles. The van der Waals surface area contributed by atoms with E-state index in [1.807, 2.05) is 13.0 Å². The predicted molar refractivity (Wildman–Crippen MR) is 96.6 cm³/mol. The highest BCUT2D eigenvalue weighted by molar-refractivity contribution is 5.94. The molecule has 1 saturated heterocycles. The third-order valence-corrected chi connectivity index (χ3v) is 3.73. The first-order valence-electron chi connectivity index (χ1n) is 7.13. The predicted octanol–water partition coefficient (Wildman–Crippen LogP) is 1.78. The number of nitrogens with zero attached hydrogens (tertiary/aromatic N) is 1. The van der Waals surface area contributed by atoms with E-state index >= 15 is 0 Å². The number of piperazine rings is 1. The first-order chi connectivity index (χ1) is 10.2. The topological polar surface area (TPSA) is 62.8 Å². The average molecular weight is 366 g/mol. The van der Waals surface area contributed by atoms with Gasteiger partial charge in [0.2, 0.25) is 5.91 Å². The third kappa shape index (κ3) is 5.73. The molecule has 0 bridgehead atoms. The average Bonchev–Trinajstić information content (AvgIpc) is 2.54. The van der Waals surface area contributed by atoms with Crippen LogP contribution in [0.2, 0.25) is 0 Å². The van der Waals surface area contributed by atoms with Crippen molar-refractivity contribution >= 4 is 36.4 Å². The number of amides is 1. The summed E-state index contributed by atoms with van der Waals surface area (Å²) in [5.41, 5.74) is 0.708. The van der Waals surface area contributed by atoms with Crippen LogP contribution < -0.4 is 20.1 Å². The van der Waals surface area contributed by atoms with E-state index in [4.69, 9.17) is 9.47 Å².